The van der Waals surface area contributed by atoms with Crippen LogP contribution in [0.1, 0.15) is 29.6 Å². The molecule has 0 aromatic heterocycles. The van der Waals surface area contributed by atoms with Crippen molar-refractivity contribution in [2.24, 2.45) is 10.7 Å². The normalized spacial score (nSPS) is 18.7. The van der Waals surface area contributed by atoms with Crippen LogP contribution in [0.15, 0.2) is 34.5 Å². The first-order valence-corrected chi connectivity index (χ1v) is 8.53. The van der Waals surface area contributed by atoms with Gasteiger partial charge in [-0.05, 0) is 24.6 Å². The molecule has 1 aromatic rings. The molecule has 126 valence electrons. The Balaban J connectivity index is 1.84. The van der Waals surface area contributed by atoms with E-state index in [1.54, 1.807) is 23.1 Å². The fourth-order valence-corrected chi connectivity index (χ4v) is 3.19. The molecule has 2 aliphatic heterocycles. The summed E-state index contributed by atoms with van der Waals surface area (Å²) in [5, 5.41) is 0.737. The van der Waals surface area contributed by atoms with E-state index in [2.05, 4.69) is 4.99 Å². The SMILES string of the molecule is NC1=C(C2=NCCCC2=O)CN(C(=O)c2ccc(Cl)c(Cl)c2)CC1. The maximum Gasteiger partial charge on any atom is 0.254 e. The summed E-state index contributed by atoms with van der Waals surface area (Å²) >= 11 is 11.9. The summed E-state index contributed by atoms with van der Waals surface area (Å²) in [7, 11) is 0. The van der Waals surface area contributed by atoms with Crippen molar-refractivity contribution in [2.45, 2.75) is 19.3 Å². The van der Waals surface area contributed by atoms with Gasteiger partial charge in [-0.3, -0.25) is 14.6 Å². The third kappa shape index (κ3) is 3.32. The van der Waals surface area contributed by atoms with Gasteiger partial charge in [-0.25, -0.2) is 0 Å². The number of hydrogen-bond acceptors (Lipinski definition) is 4. The minimum atomic E-state index is -0.164. The van der Waals surface area contributed by atoms with Crippen molar-refractivity contribution in [1.29, 1.82) is 0 Å². The van der Waals surface area contributed by atoms with Crippen LogP contribution in [0.4, 0.5) is 0 Å². The van der Waals surface area contributed by atoms with Gasteiger partial charge in [-0.2, -0.15) is 0 Å². The van der Waals surface area contributed by atoms with Crippen LogP contribution in [0.3, 0.4) is 0 Å². The molecule has 5 nitrogen and oxygen atoms in total. The van der Waals surface area contributed by atoms with Gasteiger partial charge in [0.15, 0.2) is 5.78 Å². The standard InChI is InChI=1S/C17H17Cl2N3O2/c18-12-4-3-10(8-13(12)19)17(24)22-7-5-14(20)11(9-22)16-15(23)2-1-6-21-16/h3-4,8H,1-2,5-7,9,20H2. The Hall–Kier alpha value is -1.85. The lowest BCUT2D eigenvalue weighted by Gasteiger charge is -2.30. The van der Waals surface area contributed by atoms with E-state index in [-0.39, 0.29) is 18.2 Å². The molecule has 0 saturated heterocycles. The van der Waals surface area contributed by atoms with E-state index in [1.165, 1.54) is 0 Å². The average molecular weight is 366 g/mol. The van der Waals surface area contributed by atoms with Crippen molar-refractivity contribution in [2.75, 3.05) is 19.6 Å². The molecule has 0 aliphatic carbocycles. The van der Waals surface area contributed by atoms with Crippen molar-refractivity contribution in [1.82, 2.24) is 4.90 Å². The van der Waals surface area contributed by atoms with Crippen LogP contribution in [-0.2, 0) is 4.79 Å². The first kappa shape index (κ1) is 17.0. The summed E-state index contributed by atoms with van der Waals surface area (Å²) in [6.07, 6.45) is 1.77. The molecule has 2 N–H and O–H groups in total. The van der Waals surface area contributed by atoms with Crippen molar-refractivity contribution in [3.63, 3.8) is 0 Å². The predicted octanol–water partition coefficient (Wildman–Crippen LogP) is 2.86. The Labute approximate surface area is 150 Å². The maximum atomic E-state index is 12.7. The maximum absolute atomic E-state index is 12.7. The van der Waals surface area contributed by atoms with Crippen LogP contribution in [-0.4, -0.2) is 41.9 Å². The number of carbonyl (C=O) groups is 2. The van der Waals surface area contributed by atoms with Gasteiger partial charge in [0.05, 0.1) is 10.0 Å². The Kier molecular flexibility index (Phi) is 4.92. The number of carbonyl (C=O) groups excluding carboxylic acids is 2. The molecule has 0 fully saturated rings. The van der Waals surface area contributed by atoms with Gasteiger partial charge in [-0.15, -0.1) is 0 Å². The number of benzene rings is 1. The smallest absolute Gasteiger partial charge is 0.254 e. The number of nitrogens with zero attached hydrogens (tertiary/aromatic N) is 2. The Morgan fingerprint density at radius 1 is 1.21 bits per heavy atom. The van der Waals surface area contributed by atoms with Gasteiger partial charge < -0.3 is 10.6 Å². The molecule has 0 radical (unpaired) electrons. The minimum Gasteiger partial charge on any atom is -0.402 e. The molecular formula is C17H17Cl2N3O2. The number of Topliss-reactive ketones (excluding diaryl/α,β-unsaturated/α-hetero) is 1. The third-order valence-electron chi connectivity index (χ3n) is 4.22. The second-order valence-electron chi connectivity index (χ2n) is 5.87. The van der Waals surface area contributed by atoms with Gasteiger partial charge in [0.1, 0.15) is 5.71 Å². The molecule has 0 unspecified atom stereocenters. The zero-order valence-electron chi connectivity index (χ0n) is 13.0. The van der Waals surface area contributed by atoms with E-state index >= 15 is 0 Å². The fourth-order valence-electron chi connectivity index (χ4n) is 2.89. The minimum absolute atomic E-state index is 0.00281. The van der Waals surface area contributed by atoms with Gasteiger partial charge in [0.25, 0.3) is 5.91 Å². The van der Waals surface area contributed by atoms with E-state index in [0.29, 0.717) is 58.5 Å². The highest BCUT2D eigenvalue weighted by atomic mass is 35.5. The second-order valence-corrected chi connectivity index (χ2v) is 6.68. The Morgan fingerprint density at radius 3 is 2.71 bits per heavy atom. The van der Waals surface area contributed by atoms with E-state index in [4.69, 9.17) is 28.9 Å². The fraction of sp³-hybridized carbons (Fsp3) is 0.353. The lowest BCUT2D eigenvalue weighted by Crippen LogP contribution is -2.41. The number of rotatable bonds is 2. The first-order chi connectivity index (χ1) is 11.5. The summed E-state index contributed by atoms with van der Waals surface area (Å²) in [6.45, 7) is 1.41. The quantitative estimate of drug-likeness (QED) is 0.875. The second kappa shape index (κ2) is 6.95. The van der Waals surface area contributed by atoms with Crippen molar-refractivity contribution in [3.05, 3.63) is 45.1 Å². The molecule has 3 rings (SSSR count). The molecule has 24 heavy (non-hydrogen) atoms. The van der Waals surface area contributed by atoms with E-state index < -0.39 is 0 Å². The zero-order chi connectivity index (χ0) is 17.3. The molecule has 0 atom stereocenters. The van der Waals surface area contributed by atoms with Gasteiger partial charge in [0, 0.05) is 49.3 Å². The van der Waals surface area contributed by atoms with Gasteiger partial charge >= 0.3 is 0 Å². The lowest BCUT2D eigenvalue weighted by molar-refractivity contribution is -0.113. The molecule has 0 saturated carbocycles. The highest BCUT2D eigenvalue weighted by molar-refractivity contribution is 6.46. The number of ketones is 1. The summed E-state index contributed by atoms with van der Waals surface area (Å²) in [4.78, 5) is 30.8. The van der Waals surface area contributed by atoms with Crippen molar-refractivity contribution >= 4 is 40.6 Å². The van der Waals surface area contributed by atoms with Crippen LogP contribution >= 0.6 is 23.2 Å². The first-order valence-electron chi connectivity index (χ1n) is 7.77. The van der Waals surface area contributed by atoms with Crippen LogP contribution in [0.25, 0.3) is 0 Å². The van der Waals surface area contributed by atoms with E-state index in [0.717, 1.165) is 6.42 Å². The monoisotopic (exact) mass is 365 g/mol. The molecule has 1 aromatic carbocycles. The van der Waals surface area contributed by atoms with Gasteiger partial charge in [0.2, 0.25) is 0 Å². The van der Waals surface area contributed by atoms with Crippen LogP contribution in [0.5, 0.6) is 0 Å². The summed E-state index contributed by atoms with van der Waals surface area (Å²) in [5.41, 5.74) is 8.30. The Morgan fingerprint density at radius 2 is 2.00 bits per heavy atom. The van der Waals surface area contributed by atoms with E-state index in [9.17, 15) is 9.59 Å². The molecule has 7 heteroatoms. The highest BCUT2D eigenvalue weighted by Crippen LogP contribution is 2.25. The highest BCUT2D eigenvalue weighted by Gasteiger charge is 2.29. The van der Waals surface area contributed by atoms with Crippen LogP contribution in [0, 0.1) is 0 Å². The molecule has 2 heterocycles. The third-order valence-corrected chi connectivity index (χ3v) is 4.96. The zero-order valence-corrected chi connectivity index (χ0v) is 14.5. The number of halogens is 2. The molecular weight excluding hydrogens is 349 g/mol. The number of amides is 1. The van der Waals surface area contributed by atoms with Crippen LogP contribution < -0.4 is 5.73 Å². The Bertz CT molecular complexity index is 771. The average Bonchev–Trinajstić information content (AvgIpc) is 2.58. The predicted molar refractivity (Wildman–Crippen MR) is 94.7 cm³/mol. The topological polar surface area (TPSA) is 75.8 Å². The lowest BCUT2D eigenvalue weighted by atomic mass is 9.95. The van der Waals surface area contributed by atoms with Crippen molar-refractivity contribution in [3.8, 4) is 0 Å². The largest absolute Gasteiger partial charge is 0.402 e. The number of hydrogen-bond donors (Lipinski definition) is 1. The number of aliphatic imine (C=N–C) groups is 1. The van der Waals surface area contributed by atoms with Gasteiger partial charge in [-0.1, -0.05) is 23.2 Å². The molecule has 2 aliphatic rings. The van der Waals surface area contributed by atoms with Crippen LogP contribution in [0.2, 0.25) is 10.0 Å². The van der Waals surface area contributed by atoms with E-state index in [1.807, 2.05) is 0 Å². The molecule has 1 amide bonds. The molecule has 0 spiro atoms. The summed E-state index contributed by atoms with van der Waals surface area (Å²) in [6, 6.07) is 4.79. The summed E-state index contributed by atoms with van der Waals surface area (Å²) in [5.74, 6) is -0.162. The number of nitrogens with two attached hydrogens (primary N) is 1. The van der Waals surface area contributed by atoms with Crippen molar-refractivity contribution < 1.29 is 9.59 Å². The molecule has 0 bridgehead atoms. The summed E-state index contributed by atoms with van der Waals surface area (Å²) < 4.78 is 0.